The number of rotatable bonds is 5. The molecule has 28 heavy (non-hydrogen) atoms. The van der Waals surface area contributed by atoms with Crippen molar-refractivity contribution in [3.63, 3.8) is 0 Å². The van der Waals surface area contributed by atoms with Crippen molar-refractivity contribution in [1.82, 2.24) is 9.62 Å². The molecule has 2 aromatic carbocycles. The van der Waals surface area contributed by atoms with E-state index in [9.17, 15) is 13.2 Å². The van der Waals surface area contributed by atoms with Gasteiger partial charge in [-0.3, -0.25) is 0 Å². The number of nitrogens with zero attached hydrogens (tertiary/aromatic N) is 2. The number of aryl methyl sites for hydroxylation is 1. The SMILES string of the molecule is Cc1cc(-c2ccc(C#N)cc2)ccc1S(=O)(=O)N1CC[C@H](CNC(=O)O)C1. The second-order valence-corrected chi connectivity index (χ2v) is 8.78. The maximum Gasteiger partial charge on any atom is 0.404 e. The van der Waals surface area contributed by atoms with Gasteiger partial charge in [0.05, 0.1) is 16.5 Å². The van der Waals surface area contributed by atoms with Gasteiger partial charge in [-0.15, -0.1) is 0 Å². The van der Waals surface area contributed by atoms with Crippen LogP contribution in [0, 0.1) is 24.2 Å². The minimum atomic E-state index is -3.64. The summed E-state index contributed by atoms with van der Waals surface area (Å²) in [6, 6.07) is 14.4. The molecule has 7 nitrogen and oxygen atoms in total. The zero-order chi connectivity index (χ0) is 20.3. The summed E-state index contributed by atoms with van der Waals surface area (Å²) < 4.78 is 27.5. The highest BCUT2D eigenvalue weighted by Gasteiger charge is 2.33. The Hall–Kier alpha value is -2.89. The van der Waals surface area contributed by atoms with Crippen molar-refractivity contribution in [2.24, 2.45) is 5.92 Å². The molecule has 1 atom stereocenters. The maximum absolute atomic E-state index is 13.0. The number of amides is 1. The summed E-state index contributed by atoms with van der Waals surface area (Å²) in [4.78, 5) is 10.9. The summed E-state index contributed by atoms with van der Waals surface area (Å²) in [5.41, 5.74) is 3.01. The predicted molar refractivity (Wildman–Crippen MR) is 104 cm³/mol. The molecule has 1 aliphatic heterocycles. The van der Waals surface area contributed by atoms with Crippen molar-refractivity contribution in [3.8, 4) is 17.2 Å². The van der Waals surface area contributed by atoms with Crippen LogP contribution in [0.3, 0.4) is 0 Å². The molecule has 0 unspecified atom stereocenters. The number of nitrogens with one attached hydrogen (secondary N) is 1. The van der Waals surface area contributed by atoms with Crippen molar-refractivity contribution in [2.45, 2.75) is 18.2 Å². The van der Waals surface area contributed by atoms with E-state index in [0.717, 1.165) is 11.1 Å². The molecule has 0 radical (unpaired) electrons. The Morgan fingerprint density at radius 3 is 2.54 bits per heavy atom. The number of carbonyl (C=O) groups is 1. The maximum atomic E-state index is 13.0. The molecule has 1 heterocycles. The van der Waals surface area contributed by atoms with Gasteiger partial charge in [-0.2, -0.15) is 9.57 Å². The van der Waals surface area contributed by atoms with E-state index in [1.165, 1.54) is 4.31 Å². The highest BCUT2D eigenvalue weighted by Crippen LogP contribution is 2.29. The lowest BCUT2D eigenvalue weighted by Crippen LogP contribution is -2.32. The van der Waals surface area contributed by atoms with E-state index in [1.54, 1.807) is 31.2 Å². The van der Waals surface area contributed by atoms with Crippen LogP contribution in [-0.4, -0.2) is 43.6 Å². The van der Waals surface area contributed by atoms with Gasteiger partial charge < -0.3 is 10.4 Å². The third kappa shape index (κ3) is 4.16. The number of benzene rings is 2. The first-order valence-corrected chi connectivity index (χ1v) is 10.3. The standard InChI is InChI=1S/C20H21N3O4S/c1-14-10-18(17-4-2-15(11-21)3-5-17)6-7-19(14)28(26,27)23-9-8-16(13-23)12-22-20(24)25/h2-7,10,16,22H,8-9,12-13H2,1H3,(H,24,25)/t16-/m1/s1. The second kappa shape index (κ2) is 8.00. The van der Waals surface area contributed by atoms with Crippen molar-refractivity contribution >= 4 is 16.1 Å². The molecule has 1 fully saturated rings. The zero-order valence-corrected chi connectivity index (χ0v) is 16.2. The van der Waals surface area contributed by atoms with Crippen molar-refractivity contribution in [2.75, 3.05) is 19.6 Å². The lowest BCUT2D eigenvalue weighted by Gasteiger charge is -2.18. The molecule has 0 aliphatic carbocycles. The first kappa shape index (κ1) is 19.9. The predicted octanol–water partition coefficient (Wildman–Crippen LogP) is 2.81. The minimum Gasteiger partial charge on any atom is -0.465 e. The van der Waals surface area contributed by atoms with Gasteiger partial charge in [-0.25, -0.2) is 13.2 Å². The molecule has 1 aliphatic rings. The highest BCUT2D eigenvalue weighted by molar-refractivity contribution is 7.89. The Bertz CT molecular complexity index is 1030. The van der Waals surface area contributed by atoms with Crippen molar-refractivity contribution < 1.29 is 18.3 Å². The second-order valence-electron chi connectivity index (χ2n) is 6.87. The first-order valence-electron chi connectivity index (χ1n) is 8.89. The quantitative estimate of drug-likeness (QED) is 0.803. The van der Waals surface area contributed by atoms with Crippen LogP contribution in [0.25, 0.3) is 11.1 Å². The summed E-state index contributed by atoms with van der Waals surface area (Å²) in [7, 11) is -3.64. The Kier molecular flexibility index (Phi) is 5.68. The fourth-order valence-electron chi connectivity index (χ4n) is 3.41. The van der Waals surface area contributed by atoms with Gasteiger partial charge in [-0.05, 0) is 54.2 Å². The molecule has 0 bridgehead atoms. The Balaban J connectivity index is 1.79. The van der Waals surface area contributed by atoms with Crippen LogP contribution in [-0.2, 0) is 10.0 Å². The van der Waals surface area contributed by atoms with Gasteiger partial charge in [0.1, 0.15) is 0 Å². The van der Waals surface area contributed by atoms with Gasteiger partial charge in [0, 0.05) is 19.6 Å². The lowest BCUT2D eigenvalue weighted by molar-refractivity contribution is 0.192. The monoisotopic (exact) mass is 399 g/mol. The number of hydrogen-bond donors (Lipinski definition) is 2. The number of nitriles is 1. The largest absolute Gasteiger partial charge is 0.465 e. The summed E-state index contributed by atoms with van der Waals surface area (Å²) in [5, 5.41) is 19.9. The van der Waals surface area contributed by atoms with Gasteiger partial charge >= 0.3 is 6.09 Å². The van der Waals surface area contributed by atoms with Gasteiger partial charge in [0.2, 0.25) is 10.0 Å². The van der Waals surface area contributed by atoms with Crippen LogP contribution in [0.15, 0.2) is 47.4 Å². The average molecular weight is 399 g/mol. The highest BCUT2D eigenvalue weighted by atomic mass is 32.2. The van der Waals surface area contributed by atoms with E-state index in [0.29, 0.717) is 30.6 Å². The molecular formula is C20H21N3O4S. The van der Waals surface area contributed by atoms with E-state index >= 15 is 0 Å². The molecule has 0 aromatic heterocycles. The van der Waals surface area contributed by atoms with E-state index < -0.39 is 16.1 Å². The minimum absolute atomic E-state index is 0.0240. The smallest absolute Gasteiger partial charge is 0.404 e. The third-order valence-corrected chi connectivity index (χ3v) is 6.96. The molecule has 8 heteroatoms. The first-order chi connectivity index (χ1) is 13.3. The molecule has 2 N–H and O–H groups in total. The van der Waals surface area contributed by atoms with Crippen LogP contribution < -0.4 is 5.32 Å². The zero-order valence-electron chi connectivity index (χ0n) is 15.4. The average Bonchev–Trinajstić information content (AvgIpc) is 3.16. The summed E-state index contributed by atoms with van der Waals surface area (Å²) in [5.74, 6) is -0.0240. The van der Waals surface area contributed by atoms with Gasteiger partial charge in [0.15, 0.2) is 0 Å². The van der Waals surface area contributed by atoms with Crippen LogP contribution in [0.2, 0.25) is 0 Å². The summed E-state index contributed by atoms with van der Waals surface area (Å²) in [6.07, 6.45) is -0.474. The molecule has 0 saturated carbocycles. The van der Waals surface area contributed by atoms with Crippen LogP contribution in [0.4, 0.5) is 4.79 Å². The van der Waals surface area contributed by atoms with Gasteiger partial charge in [-0.1, -0.05) is 24.3 Å². The molecule has 1 saturated heterocycles. The fraction of sp³-hybridized carbons (Fsp3) is 0.300. The Labute approximate surface area is 164 Å². The van der Waals surface area contributed by atoms with Crippen LogP contribution >= 0.6 is 0 Å². The molecular weight excluding hydrogens is 378 g/mol. The van der Waals surface area contributed by atoms with Gasteiger partial charge in [0.25, 0.3) is 0 Å². The molecule has 1 amide bonds. The molecule has 0 spiro atoms. The Morgan fingerprint density at radius 1 is 1.25 bits per heavy atom. The lowest BCUT2D eigenvalue weighted by atomic mass is 10.0. The Morgan fingerprint density at radius 2 is 1.93 bits per heavy atom. The number of sulfonamides is 1. The topological polar surface area (TPSA) is 111 Å². The summed E-state index contributed by atoms with van der Waals surface area (Å²) in [6.45, 7) is 2.70. The van der Waals surface area contributed by atoms with E-state index in [1.807, 2.05) is 18.2 Å². The van der Waals surface area contributed by atoms with E-state index in [4.69, 9.17) is 10.4 Å². The normalized spacial score (nSPS) is 17.2. The fourth-order valence-corrected chi connectivity index (χ4v) is 5.15. The third-order valence-electron chi connectivity index (χ3n) is 4.93. The number of hydrogen-bond acceptors (Lipinski definition) is 4. The van der Waals surface area contributed by atoms with Crippen molar-refractivity contribution in [3.05, 3.63) is 53.6 Å². The number of carboxylic acid groups (broad SMARTS) is 1. The molecule has 3 rings (SSSR count). The van der Waals surface area contributed by atoms with E-state index in [-0.39, 0.29) is 17.4 Å². The van der Waals surface area contributed by atoms with Crippen molar-refractivity contribution in [1.29, 1.82) is 5.26 Å². The molecule has 2 aromatic rings. The summed E-state index contributed by atoms with van der Waals surface area (Å²) >= 11 is 0. The van der Waals surface area contributed by atoms with E-state index in [2.05, 4.69) is 11.4 Å². The van der Waals surface area contributed by atoms with Crippen LogP contribution in [0.5, 0.6) is 0 Å². The molecule has 146 valence electrons. The van der Waals surface area contributed by atoms with Crippen LogP contribution in [0.1, 0.15) is 17.5 Å².